The molecule has 1 atom stereocenters. The van der Waals surface area contributed by atoms with Gasteiger partial charge in [0.15, 0.2) is 6.23 Å². The predicted octanol–water partition coefficient (Wildman–Crippen LogP) is 2.95. The third kappa shape index (κ3) is 1.56. The topological polar surface area (TPSA) is 27.1 Å². The molecule has 0 saturated carbocycles. The molecule has 1 unspecified atom stereocenters. The average Bonchev–Trinajstić information content (AvgIpc) is 2.87. The summed E-state index contributed by atoms with van der Waals surface area (Å²) in [5, 5.41) is 5.77. The van der Waals surface area contributed by atoms with Crippen molar-refractivity contribution in [2.24, 2.45) is 0 Å². The average molecular weight is 314 g/mol. The highest BCUT2D eigenvalue weighted by Crippen LogP contribution is 2.28. The summed E-state index contributed by atoms with van der Waals surface area (Å²) >= 11 is 2.28. The van der Waals surface area contributed by atoms with Gasteiger partial charge in [-0.15, -0.1) is 0 Å². The number of aromatic nitrogens is 2. The molecule has 15 heavy (non-hydrogen) atoms. The van der Waals surface area contributed by atoms with Crippen LogP contribution in [0.2, 0.25) is 0 Å². The van der Waals surface area contributed by atoms with Gasteiger partial charge in [-0.1, -0.05) is 18.2 Å². The summed E-state index contributed by atoms with van der Waals surface area (Å²) in [5.74, 6) is 0. The molecule has 0 aliphatic carbocycles. The minimum Gasteiger partial charge on any atom is -0.356 e. The lowest BCUT2D eigenvalue weighted by molar-refractivity contribution is 0.0500. The molecule has 0 spiro atoms. The second kappa shape index (κ2) is 3.75. The van der Waals surface area contributed by atoms with Crippen LogP contribution in [0.4, 0.5) is 0 Å². The van der Waals surface area contributed by atoms with Crippen LogP contribution < -0.4 is 0 Å². The molecule has 0 radical (unpaired) electrons. The SMILES string of the molecule is Ic1nn(C2CCCO2)c2ccccc12. The lowest BCUT2D eigenvalue weighted by Crippen LogP contribution is -2.08. The number of hydrogen-bond acceptors (Lipinski definition) is 2. The highest BCUT2D eigenvalue weighted by molar-refractivity contribution is 14.1. The normalized spacial score (nSPS) is 21.3. The Morgan fingerprint density at radius 3 is 3.07 bits per heavy atom. The van der Waals surface area contributed by atoms with Crippen LogP contribution >= 0.6 is 22.6 Å². The highest BCUT2D eigenvalue weighted by Gasteiger charge is 2.21. The fourth-order valence-corrected chi connectivity index (χ4v) is 2.71. The van der Waals surface area contributed by atoms with Gasteiger partial charge in [0.25, 0.3) is 0 Å². The van der Waals surface area contributed by atoms with E-state index < -0.39 is 0 Å². The van der Waals surface area contributed by atoms with Crippen molar-refractivity contribution in [3.05, 3.63) is 28.0 Å². The Kier molecular flexibility index (Phi) is 2.40. The lowest BCUT2D eigenvalue weighted by Gasteiger charge is -2.10. The van der Waals surface area contributed by atoms with E-state index in [4.69, 9.17) is 4.74 Å². The predicted molar refractivity (Wildman–Crippen MR) is 66.7 cm³/mol. The molecule has 1 aliphatic heterocycles. The van der Waals surface area contributed by atoms with Crippen molar-refractivity contribution in [2.45, 2.75) is 19.1 Å². The Labute approximate surface area is 102 Å². The van der Waals surface area contributed by atoms with E-state index in [0.717, 1.165) is 23.1 Å². The van der Waals surface area contributed by atoms with Crippen molar-refractivity contribution in [3.63, 3.8) is 0 Å². The Morgan fingerprint density at radius 1 is 1.40 bits per heavy atom. The molecule has 4 heteroatoms. The van der Waals surface area contributed by atoms with Gasteiger partial charge in [-0.3, -0.25) is 0 Å². The van der Waals surface area contributed by atoms with Crippen molar-refractivity contribution in [3.8, 4) is 0 Å². The van der Waals surface area contributed by atoms with Gasteiger partial charge in [-0.25, -0.2) is 4.68 Å². The maximum Gasteiger partial charge on any atom is 0.150 e. The first kappa shape index (κ1) is 9.59. The standard InChI is InChI=1S/C11H11IN2O/c12-11-8-4-1-2-5-9(8)14(13-11)10-6-3-7-15-10/h1-2,4-5,10H,3,6-7H2. The first-order valence-electron chi connectivity index (χ1n) is 5.10. The van der Waals surface area contributed by atoms with Crippen molar-refractivity contribution in [2.75, 3.05) is 6.61 Å². The fourth-order valence-electron chi connectivity index (χ4n) is 2.02. The zero-order valence-electron chi connectivity index (χ0n) is 8.19. The number of ether oxygens (including phenoxy) is 1. The van der Waals surface area contributed by atoms with Crippen LogP contribution in [0, 0.1) is 3.70 Å². The van der Waals surface area contributed by atoms with Crippen molar-refractivity contribution in [1.29, 1.82) is 0 Å². The molecular formula is C11H11IN2O. The van der Waals surface area contributed by atoms with E-state index in [0.29, 0.717) is 0 Å². The third-order valence-electron chi connectivity index (χ3n) is 2.75. The second-order valence-corrected chi connectivity index (χ2v) is 4.74. The zero-order valence-corrected chi connectivity index (χ0v) is 10.3. The molecule has 78 valence electrons. The van der Waals surface area contributed by atoms with Crippen LogP contribution in [-0.2, 0) is 4.74 Å². The molecule has 1 aromatic carbocycles. The summed E-state index contributed by atoms with van der Waals surface area (Å²) in [6.45, 7) is 0.857. The molecule has 1 aliphatic rings. The van der Waals surface area contributed by atoms with Gasteiger partial charge in [0.2, 0.25) is 0 Å². The lowest BCUT2D eigenvalue weighted by atomic mass is 10.2. The van der Waals surface area contributed by atoms with Gasteiger partial charge < -0.3 is 4.74 Å². The largest absolute Gasteiger partial charge is 0.356 e. The van der Waals surface area contributed by atoms with Crippen molar-refractivity contribution >= 4 is 33.5 Å². The number of halogens is 1. The third-order valence-corrected chi connectivity index (χ3v) is 3.54. The highest BCUT2D eigenvalue weighted by atomic mass is 127. The molecule has 0 amide bonds. The summed E-state index contributed by atoms with van der Waals surface area (Å²) in [6, 6.07) is 8.30. The Bertz CT molecular complexity index is 488. The first-order chi connectivity index (χ1) is 7.36. The molecule has 3 nitrogen and oxygen atoms in total. The summed E-state index contributed by atoms with van der Waals surface area (Å²) in [4.78, 5) is 0. The molecule has 1 saturated heterocycles. The van der Waals surface area contributed by atoms with Crippen LogP contribution in [0.25, 0.3) is 10.9 Å². The summed E-state index contributed by atoms with van der Waals surface area (Å²) in [6.07, 6.45) is 2.34. The van der Waals surface area contributed by atoms with E-state index >= 15 is 0 Å². The van der Waals surface area contributed by atoms with Crippen molar-refractivity contribution in [1.82, 2.24) is 9.78 Å². The van der Waals surface area contributed by atoms with Gasteiger partial charge in [0, 0.05) is 12.0 Å². The molecule has 1 fully saturated rings. The number of nitrogens with zero attached hydrogens (tertiary/aromatic N) is 2. The molecule has 2 aromatic rings. The van der Waals surface area contributed by atoms with Gasteiger partial charge in [-0.05, 0) is 41.5 Å². The molecular weight excluding hydrogens is 303 g/mol. The van der Waals surface area contributed by atoms with E-state index in [2.05, 4.69) is 39.8 Å². The number of fused-ring (bicyclic) bond motifs is 1. The van der Waals surface area contributed by atoms with Crippen LogP contribution in [0.15, 0.2) is 24.3 Å². The zero-order chi connectivity index (χ0) is 10.3. The smallest absolute Gasteiger partial charge is 0.150 e. The Balaban J connectivity index is 2.17. The van der Waals surface area contributed by atoms with Crippen LogP contribution in [0.3, 0.4) is 0 Å². The van der Waals surface area contributed by atoms with E-state index in [1.807, 2.05) is 16.8 Å². The van der Waals surface area contributed by atoms with Crippen LogP contribution in [0.5, 0.6) is 0 Å². The quantitative estimate of drug-likeness (QED) is 0.757. The van der Waals surface area contributed by atoms with Crippen LogP contribution in [-0.4, -0.2) is 16.4 Å². The van der Waals surface area contributed by atoms with E-state index in [9.17, 15) is 0 Å². The number of rotatable bonds is 1. The van der Waals surface area contributed by atoms with E-state index in [-0.39, 0.29) is 6.23 Å². The van der Waals surface area contributed by atoms with E-state index in [1.165, 1.54) is 10.9 Å². The molecule has 2 heterocycles. The minimum absolute atomic E-state index is 0.137. The van der Waals surface area contributed by atoms with Gasteiger partial charge in [-0.2, -0.15) is 5.10 Å². The number of benzene rings is 1. The molecule has 0 N–H and O–H groups in total. The molecule has 1 aromatic heterocycles. The second-order valence-electron chi connectivity index (χ2n) is 3.72. The number of para-hydroxylation sites is 1. The summed E-state index contributed by atoms with van der Waals surface area (Å²) in [5.41, 5.74) is 1.17. The summed E-state index contributed by atoms with van der Waals surface area (Å²) in [7, 11) is 0. The van der Waals surface area contributed by atoms with Gasteiger partial charge in [0.1, 0.15) is 3.70 Å². The maximum absolute atomic E-state index is 5.66. The monoisotopic (exact) mass is 314 g/mol. The van der Waals surface area contributed by atoms with E-state index in [1.54, 1.807) is 0 Å². The number of hydrogen-bond donors (Lipinski definition) is 0. The molecule has 3 rings (SSSR count). The fraction of sp³-hybridized carbons (Fsp3) is 0.364. The van der Waals surface area contributed by atoms with Gasteiger partial charge >= 0.3 is 0 Å². The van der Waals surface area contributed by atoms with Crippen LogP contribution in [0.1, 0.15) is 19.1 Å². The van der Waals surface area contributed by atoms with Crippen molar-refractivity contribution < 1.29 is 4.74 Å². The Hall–Kier alpha value is -0.620. The first-order valence-corrected chi connectivity index (χ1v) is 6.18. The van der Waals surface area contributed by atoms with Gasteiger partial charge in [0.05, 0.1) is 5.52 Å². The molecule has 0 bridgehead atoms. The summed E-state index contributed by atoms with van der Waals surface area (Å²) < 4.78 is 8.73. The maximum atomic E-state index is 5.66. The minimum atomic E-state index is 0.137. The Morgan fingerprint density at radius 2 is 2.27 bits per heavy atom.